The summed E-state index contributed by atoms with van der Waals surface area (Å²) in [7, 11) is 1.57. The van der Waals surface area contributed by atoms with Crippen LogP contribution in [0.4, 0.5) is 5.95 Å². The average molecular weight is 209 g/mol. The summed E-state index contributed by atoms with van der Waals surface area (Å²) in [6.07, 6.45) is 4.70. The second-order valence-corrected chi connectivity index (χ2v) is 3.84. The molecule has 1 aromatic heterocycles. The Morgan fingerprint density at radius 2 is 2.40 bits per heavy atom. The molecule has 5 nitrogen and oxygen atoms in total. The number of rotatable bonds is 4. The lowest BCUT2D eigenvalue weighted by Crippen LogP contribution is -2.48. The van der Waals surface area contributed by atoms with E-state index < -0.39 is 0 Å². The van der Waals surface area contributed by atoms with Crippen molar-refractivity contribution in [2.45, 2.75) is 24.8 Å². The molecule has 1 saturated carbocycles. The smallest absolute Gasteiger partial charge is 0.226 e. The summed E-state index contributed by atoms with van der Waals surface area (Å²) in [6.45, 7) is 0.119. The number of ether oxygens (including phenoxy) is 1. The molecule has 1 aromatic rings. The topological polar surface area (TPSA) is 67.3 Å². The summed E-state index contributed by atoms with van der Waals surface area (Å²) in [4.78, 5) is 8.24. The van der Waals surface area contributed by atoms with Gasteiger partial charge < -0.3 is 15.2 Å². The molecule has 82 valence electrons. The Bertz CT molecular complexity index is 334. The monoisotopic (exact) mass is 209 g/mol. The Hall–Kier alpha value is -1.36. The van der Waals surface area contributed by atoms with E-state index in [1.807, 2.05) is 0 Å². The number of nitrogens with zero attached hydrogens (tertiary/aromatic N) is 2. The van der Waals surface area contributed by atoms with Crippen molar-refractivity contribution in [2.75, 3.05) is 19.0 Å². The van der Waals surface area contributed by atoms with Crippen molar-refractivity contribution >= 4 is 5.95 Å². The van der Waals surface area contributed by atoms with Gasteiger partial charge in [-0.25, -0.2) is 4.98 Å². The van der Waals surface area contributed by atoms with Gasteiger partial charge in [0.25, 0.3) is 0 Å². The van der Waals surface area contributed by atoms with Gasteiger partial charge in [-0.1, -0.05) is 0 Å². The minimum absolute atomic E-state index is 0.119. The van der Waals surface area contributed by atoms with Gasteiger partial charge in [-0.15, -0.1) is 0 Å². The van der Waals surface area contributed by atoms with Crippen LogP contribution in [0.25, 0.3) is 0 Å². The fourth-order valence-corrected chi connectivity index (χ4v) is 1.68. The highest BCUT2D eigenvalue weighted by molar-refractivity contribution is 5.33. The zero-order valence-corrected chi connectivity index (χ0v) is 8.73. The first-order valence-electron chi connectivity index (χ1n) is 5.04. The SMILES string of the molecule is COc1ccnc(NC2(CO)CCC2)n1. The van der Waals surface area contributed by atoms with Crippen molar-refractivity contribution in [3.8, 4) is 5.88 Å². The lowest BCUT2D eigenvalue weighted by molar-refractivity contribution is 0.143. The molecular formula is C10H15N3O2. The molecule has 0 radical (unpaired) electrons. The maximum absolute atomic E-state index is 9.28. The third-order valence-electron chi connectivity index (χ3n) is 2.83. The van der Waals surface area contributed by atoms with Gasteiger partial charge in [-0.3, -0.25) is 0 Å². The number of aromatic nitrogens is 2. The number of hydrogen-bond acceptors (Lipinski definition) is 5. The molecule has 0 unspecified atom stereocenters. The largest absolute Gasteiger partial charge is 0.481 e. The highest BCUT2D eigenvalue weighted by atomic mass is 16.5. The van der Waals surface area contributed by atoms with Crippen LogP contribution in [0.5, 0.6) is 5.88 Å². The quantitative estimate of drug-likeness (QED) is 0.768. The molecule has 15 heavy (non-hydrogen) atoms. The Kier molecular flexibility index (Phi) is 2.73. The third kappa shape index (κ3) is 2.02. The molecule has 0 aromatic carbocycles. The second-order valence-electron chi connectivity index (χ2n) is 3.84. The van der Waals surface area contributed by atoms with Crippen molar-refractivity contribution in [1.82, 2.24) is 9.97 Å². The van der Waals surface area contributed by atoms with E-state index >= 15 is 0 Å². The van der Waals surface area contributed by atoms with Crippen LogP contribution in [0.15, 0.2) is 12.3 Å². The van der Waals surface area contributed by atoms with Gasteiger partial charge in [0.1, 0.15) is 0 Å². The average Bonchev–Trinajstić information content (AvgIpc) is 2.24. The zero-order valence-electron chi connectivity index (χ0n) is 8.73. The maximum Gasteiger partial charge on any atom is 0.226 e. The Morgan fingerprint density at radius 3 is 2.93 bits per heavy atom. The minimum atomic E-state index is -0.216. The summed E-state index contributed by atoms with van der Waals surface area (Å²) >= 11 is 0. The molecule has 5 heteroatoms. The van der Waals surface area contributed by atoms with Crippen LogP contribution < -0.4 is 10.1 Å². The zero-order chi connectivity index (χ0) is 10.7. The number of aliphatic hydroxyl groups excluding tert-OH is 1. The van der Waals surface area contributed by atoms with Crippen LogP contribution >= 0.6 is 0 Å². The van der Waals surface area contributed by atoms with E-state index in [9.17, 15) is 5.11 Å². The van der Waals surface area contributed by atoms with E-state index in [1.54, 1.807) is 19.4 Å². The molecule has 0 amide bonds. The van der Waals surface area contributed by atoms with Gasteiger partial charge in [0.15, 0.2) is 0 Å². The van der Waals surface area contributed by atoms with Crippen LogP contribution in [-0.4, -0.2) is 34.3 Å². The van der Waals surface area contributed by atoms with Crippen LogP contribution in [0.3, 0.4) is 0 Å². The summed E-state index contributed by atoms with van der Waals surface area (Å²) < 4.78 is 5.00. The molecule has 0 spiro atoms. The van der Waals surface area contributed by atoms with Gasteiger partial charge in [-0.2, -0.15) is 4.98 Å². The molecule has 2 N–H and O–H groups in total. The standard InChI is InChI=1S/C10H15N3O2/c1-15-8-3-6-11-9(12-8)13-10(7-14)4-2-5-10/h3,6,14H,2,4-5,7H2,1H3,(H,11,12,13). The van der Waals surface area contributed by atoms with Crippen LogP contribution in [0, 0.1) is 0 Å². The maximum atomic E-state index is 9.28. The highest BCUT2D eigenvalue weighted by Crippen LogP contribution is 2.34. The van der Waals surface area contributed by atoms with E-state index in [0.717, 1.165) is 19.3 Å². The van der Waals surface area contributed by atoms with E-state index in [-0.39, 0.29) is 12.1 Å². The number of hydrogen-bond donors (Lipinski definition) is 2. The molecule has 1 fully saturated rings. The number of nitrogens with one attached hydrogen (secondary N) is 1. The van der Waals surface area contributed by atoms with Crippen molar-refractivity contribution < 1.29 is 9.84 Å². The van der Waals surface area contributed by atoms with Gasteiger partial charge in [0, 0.05) is 12.3 Å². The molecule has 1 heterocycles. The van der Waals surface area contributed by atoms with Crippen molar-refractivity contribution in [1.29, 1.82) is 0 Å². The molecule has 2 rings (SSSR count). The predicted octanol–water partition coefficient (Wildman–Crippen LogP) is 0.812. The fourth-order valence-electron chi connectivity index (χ4n) is 1.68. The molecular weight excluding hydrogens is 194 g/mol. The molecule has 0 atom stereocenters. The Labute approximate surface area is 88.5 Å². The first kappa shape index (κ1) is 10.2. The van der Waals surface area contributed by atoms with E-state index in [4.69, 9.17) is 4.74 Å². The lowest BCUT2D eigenvalue weighted by atomic mass is 9.77. The van der Waals surface area contributed by atoms with E-state index in [1.165, 1.54) is 0 Å². The number of aliphatic hydroxyl groups is 1. The van der Waals surface area contributed by atoms with E-state index in [2.05, 4.69) is 15.3 Å². The Morgan fingerprint density at radius 1 is 1.60 bits per heavy atom. The Balaban J connectivity index is 2.09. The third-order valence-corrected chi connectivity index (χ3v) is 2.83. The first-order valence-corrected chi connectivity index (χ1v) is 5.04. The number of methoxy groups -OCH3 is 1. The van der Waals surface area contributed by atoms with Gasteiger partial charge in [-0.05, 0) is 19.3 Å². The van der Waals surface area contributed by atoms with Gasteiger partial charge in [0.05, 0.1) is 19.3 Å². The summed E-state index contributed by atoms with van der Waals surface area (Å²) in [6, 6.07) is 1.69. The predicted molar refractivity (Wildman–Crippen MR) is 55.9 cm³/mol. The van der Waals surface area contributed by atoms with Crippen molar-refractivity contribution in [2.24, 2.45) is 0 Å². The van der Waals surface area contributed by atoms with Crippen molar-refractivity contribution in [3.05, 3.63) is 12.3 Å². The molecule has 0 aliphatic heterocycles. The van der Waals surface area contributed by atoms with Crippen molar-refractivity contribution in [3.63, 3.8) is 0 Å². The summed E-state index contributed by atoms with van der Waals surface area (Å²) in [5.74, 6) is 1.04. The molecule has 1 aliphatic rings. The molecule has 0 saturated heterocycles. The van der Waals surface area contributed by atoms with Crippen LogP contribution in [-0.2, 0) is 0 Å². The van der Waals surface area contributed by atoms with Crippen LogP contribution in [0.1, 0.15) is 19.3 Å². The summed E-state index contributed by atoms with van der Waals surface area (Å²) in [5, 5.41) is 12.4. The molecule has 1 aliphatic carbocycles. The minimum Gasteiger partial charge on any atom is -0.481 e. The highest BCUT2D eigenvalue weighted by Gasteiger charge is 2.36. The van der Waals surface area contributed by atoms with E-state index in [0.29, 0.717) is 11.8 Å². The van der Waals surface area contributed by atoms with Gasteiger partial charge >= 0.3 is 0 Å². The lowest BCUT2D eigenvalue weighted by Gasteiger charge is -2.40. The molecule has 0 bridgehead atoms. The normalized spacial score (nSPS) is 18.0. The van der Waals surface area contributed by atoms with Gasteiger partial charge in [0.2, 0.25) is 11.8 Å². The first-order chi connectivity index (χ1) is 7.28. The fraction of sp³-hybridized carbons (Fsp3) is 0.600. The second kappa shape index (κ2) is 4.02. The summed E-state index contributed by atoms with van der Waals surface area (Å²) in [5.41, 5.74) is -0.216. The van der Waals surface area contributed by atoms with Crippen LogP contribution in [0.2, 0.25) is 0 Å². The number of anilines is 1.